The fourth-order valence-electron chi connectivity index (χ4n) is 4.25. The predicted molar refractivity (Wildman–Crippen MR) is 144 cm³/mol. The van der Waals surface area contributed by atoms with Crippen LogP contribution in [0.1, 0.15) is 30.3 Å². The highest BCUT2D eigenvalue weighted by Gasteiger charge is 2.41. The van der Waals surface area contributed by atoms with E-state index in [1.54, 1.807) is 43.1 Å². The highest BCUT2D eigenvalue weighted by Crippen LogP contribution is 2.27. The van der Waals surface area contributed by atoms with Gasteiger partial charge in [-0.1, -0.05) is 29.8 Å². The number of piperidine rings is 1. The zero-order valence-corrected chi connectivity index (χ0v) is 21.7. The topological polar surface area (TPSA) is 193 Å². The average Bonchev–Trinajstić information content (AvgIpc) is 3.28. The van der Waals surface area contributed by atoms with Gasteiger partial charge >= 0.3 is 0 Å². The summed E-state index contributed by atoms with van der Waals surface area (Å²) in [6.07, 6.45) is 1.12. The van der Waals surface area contributed by atoms with E-state index in [9.17, 15) is 14.4 Å². The number of hydrogen-bond acceptors (Lipinski definition) is 10. The second kappa shape index (κ2) is 10.9. The highest BCUT2D eigenvalue weighted by atomic mass is 35.5. The lowest BCUT2D eigenvalue weighted by Crippen LogP contribution is -2.57. The smallest absolute Gasteiger partial charge is 0.280 e. The third-order valence-corrected chi connectivity index (χ3v) is 6.78. The first-order chi connectivity index (χ1) is 18.1. The maximum Gasteiger partial charge on any atom is 0.280 e. The second-order valence-corrected chi connectivity index (χ2v) is 9.38. The number of nitrogens with one attached hydrogen (secondary N) is 4. The molecule has 2 aromatic rings. The number of allylic oxidation sites excluding steroid dienone is 1. The van der Waals surface area contributed by atoms with Crippen molar-refractivity contribution in [2.24, 2.45) is 4.99 Å². The van der Waals surface area contributed by atoms with Crippen molar-refractivity contribution in [2.75, 3.05) is 43.5 Å². The monoisotopic (exact) mass is 540 g/mol. The fourth-order valence-corrected chi connectivity index (χ4v) is 4.38. The Balaban J connectivity index is 1.37. The van der Waals surface area contributed by atoms with E-state index in [2.05, 4.69) is 36.2 Å². The van der Waals surface area contributed by atoms with Crippen molar-refractivity contribution >= 4 is 52.6 Å². The lowest BCUT2D eigenvalue weighted by molar-refractivity contribution is -0.130. The number of likely N-dealkylation sites (tertiary alicyclic amines) is 1. The Morgan fingerprint density at radius 1 is 1.05 bits per heavy atom. The number of nitrogens with zero attached hydrogens (tertiary/aromatic N) is 4. The van der Waals surface area contributed by atoms with E-state index >= 15 is 0 Å². The molecule has 8 N–H and O–H groups in total. The molecule has 2 aliphatic heterocycles. The predicted octanol–water partition coefficient (Wildman–Crippen LogP) is 0.477. The molecule has 13 nitrogen and oxygen atoms in total. The maximum atomic E-state index is 13.4. The first kappa shape index (κ1) is 26.7. The molecule has 1 fully saturated rings. The highest BCUT2D eigenvalue weighted by molar-refractivity contribution is 6.31. The Hall–Kier alpha value is -4.39. The molecular formula is C24H29ClN10O3. The minimum absolute atomic E-state index is 0.0525. The Morgan fingerprint density at radius 2 is 1.74 bits per heavy atom. The van der Waals surface area contributed by atoms with Gasteiger partial charge in [-0.15, -0.1) is 0 Å². The lowest BCUT2D eigenvalue weighted by atomic mass is 9.88. The summed E-state index contributed by atoms with van der Waals surface area (Å²) in [5, 5.41) is 11.5. The number of amides is 3. The summed E-state index contributed by atoms with van der Waals surface area (Å²) in [6.45, 7) is 2.89. The van der Waals surface area contributed by atoms with Gasteiger partial charge in [0.15, 0.2) is 28.4 Å². The van der Waals surface area contributed by atoms with Crippen LogP contribution < -0.4 is 32.7 Å². The molecule has 1 aromatic carbocycles. The molecule has 200 valence electrons. The van der Waals surface area contributed by atoms with Crippen molar-refractivity contribution in [3.63, 3.8) is 0 Å². The van der Waals surface area contributed by atoms with Gasteiger partial charge in [0.2, 0.25) is 0 Å². The van der Waals surface area contributed by atoms with Gasteiger partial charge in [0, 0.05) is 31.5 Å². The number of hydrogen-bond donors (Lipinski definition) is 6. The average molecular weight is 541 g/mol. The number of carbonyl (C=O) groups excluding carboxylic acids is 3. The zero-order chi connectivity index (χ0) is 27.4. The van der Waals surface area contributed by atoms with Crippen molar-refractivity contribution in [2.45, 2.75) is 25.3 Å². The molecule has 1 spiro atoms. The van der Waals surface area contributed by atoms with E-state index in [0.29, 0.717) is 43.9 Å². The van der Waals surface area contributed by atoms with Crippen LogP contribution in [-0.2, 0) is 9.59 Å². The quantitative estimate of drug-likeness (QED) is 0.178. The molecule has 0 aliphatic carbocycles. The number of nitrogens with two attached hydrogens (primary N) is 2. The zero-order valence-electron chi connectivity index (χ0n) is 21.0. The molecular weight excluding hydrogens is 512 g/mol. The van der Waals surface area contributed by atoms with Gasteiger partial charge in [0.05, 0.1) is 12.1 Å². The second-order valence-electron chi connectivity index (χ2n) is 9.02. The number of anilines is 3. The van der Waals surface area contributed by atoms with Crippen molar-refractivity contribution in [3.05, 3.63) is 52.4 Å². The molecule has 3 heterocycles. The van der Waals surface area contributed by atoms with Crippen molar-refractivity contribution in [3.8, 4) is 0 Å². The van der Waals surface area contributed by atoms with Crippen LogP contribution in [0.5, 0.6) is 0 Å². The van der Waals surface area contributed by atoms with Gasteiger partial charge in [0.1, 0.15) is 5.57 Å². The number of nitrogen functional groups attached to an aromatic ring is 2. The number of para-hydroxylation sites is 1. The molecule has 0 radical (unpaired) electrons. The van der Waals surface area contributed by atoms with Crippen LogP contribution in [0.3, 0.4) is 0 Å². The van der Waals surface area contributed by atoms with Crippen LogP contribution in [0.2, 0.25) is 5.15 Å². The molecule has 0 atom stereocenters. The van der Waals surface area contributed by atoms with Crippen LogP contribution >= 0.6 is 11.6 Å². The summed E-state index contributed by atoms with van der Waals surface area (Å²) in [4.78, 5) is 52.8. The molecule has 14 heteroatoms. The number of guanidine groups is 1. The number of benzene rings is 1. The fraction of sp³-hybridized carbons (Fsp3) is 0.333. The van der Waals surface area contributed by atoms with Crippen LogP contribution in [0.25, 0.3) is 0 Å². The largest absolute Gasteiger partial charge is 0.391 e. The molecule has 2 aliphatic rings. The molecule has 3 amide bonds. The standard InChI is InChI=1S/C24H29ClN10O3/c1-13(28-2)15(20(36)30-14-6-4-3-5-7-14)22(38)35-10-8-24(9-11-35)12-29-23(34-24)33-21(37)16-18(26)32-19(27)17(25)31-16/h3-7,28H,8-12H2,1-2H3,(H,30,36)(H4,26,27,32)(H2,29,33,34,37)/b15-13+. The molecule has 4 rings (SSSR count). The maximum absolute atomic E-state index is 13.4. The van der Waals surface area contributed by atoms with Crippen molar-refractivity contribution in [1.29, 1.82) is 0 Å². The summed E-state index contributed by atoms with van der Waals surface area (Å²) in [7, 11) is 1.66. The van der Waals surface area contributed by atoms with Gasteiger partial charge in [-0.05, 0) is 31.9 Å². The number of halogens is 1. The van der Waals surface area contributed by atoms with Crippen molar-refractivity contribution in [1.82, 2.24) is 30.8 Å². The molecule has 0 saturated carbocycles. The first-order valence-electron chi connectivity index (χ1n) is 11.9. The number of aromatic nitrogens is 2. The Kier molecular flexibility index (Phi) is 7.67. The van der Waals surface area contributed by atoms with E-state index in [1.165, 1.54) is 0 Å². The molecule has 0 bridgehead atoms. The minimum Gasteiger partial charge on any atom is -0.391 e. The van der Waals surface area contributed by atoms with Gasteiger partial charge < -0.3 is 32.3 Å². The third-order valence-electron chi connectivity index (χ3n) is 6.51. The molecule has 38 heavy (non-hydrogen) atoms. The Bertz CT molecular complexity index is 1320. The minimum atomic E-state index is -0.630. The van der Waals surface area contributed by atoms with Crippen LogP contribution in [0.4, 0.5) is 17.3 Å². The number of rotatable bonds is 5. The van der Waals surface area contributed by atoms with E-state index in [4.69, 9.17) is 23.1 Å². The van der Waals surface area contributed by atoms with Gasteiger partial charge in [-0.3, -0.25) is 24.7 Å². The van der Waals surface area contributed by atoms with Crippen LogP contribution in [0, 0.1) is 0 Å². The number of carbonyl (C=O) groups is 3. The van der Waals surface area contributed by atoms with Gasteiger partial charge in [0.25, 0.3) is 17.7 Å². The lowest BCUT2D eigenvalue weighted by Gasteiger charge is -2.39. The summed E-state index contributed by atoms with van der Waals surface area (Å²) in [5.41, 5.74) is 11.8. The summed E-state index contributed by atoms with van der Waals surface area (Å²) < 4.78 is 0. The summed E-state index contributed by atoms with van der Waals surface area (Å²) >= 11 is 5.87. The van der Waals surface area contributed by atoms with Crippen LogP contribution in [0.15, 0.2) is 46.6 Å². The van der Waals surface area contributed by atoms with E-state index in [-0.39, 0.29) is 39.9 Å². The van der Waals surface area contributed by atoms with Crippen LogP contribution in [-0.4, -0.2) is 70.8 Å². The molecule has 0 unspecified atom stereocenters. The van der Waals surface area contributed by atoms with Gasteiger partial charge in [-0.2, -0.15) is 0 Å². The van der Waals surface area contributed by atoms with E-state index < -0.39 is 17.4 Å². The van der Waals surface area contributed by atoms with E-state index in [1.807, 2.05) is 6.07 Å². The Morgan fingerprint density at radius 3 is 2.39 bits per heavy atom. The summed E-state index contributed by atoms with van der Waals surface area (Å²) in [6, 6.07) is 8.95. The Labute approximate surface area is 224 Å². The third kappa shape index (κ3) is 5.62. The summed E-state index contributed by atoms with van der Waals surface area (Å²) in [5.74, 6) is -1.43. The number of aliphatic imine (C=N–C) groups is 1. The van der Waals surface area contributed by atoms with Gasteiger partial charge in [-0.25, -0.2) is 9.97 Å². The first-order valence-corrected chi connectivity index (χ1v) is 12.3. The van der Waals surface area contributed by atoms with E-state index in [0.717, 1.165) is 0 Å². The normalized spacial score (nSPS) is 16.7. The molecule has 1 aromatic heterocycles. The SMILES string of the molecule is CN/C(C)=C(\C(=O)Nc1ccccc1)C(=O)N1CCC2(CC1)CN=C(NC(=O)c1nc(Cl)c(N)nc1N)N2. The van der Waals surface area contributed by atoms with Crippen molar-refractivity contribution < 1.29 is 14.4 Å². The molecule has 1 saturated heterocycles.